The Hall–Kier alpha value is -3.04. The van der Waals surface area contributed by atoms with E-state index in [2.05, 4.69) is 19.9 Å². The van der Waals surface area contributed by atoms with Crippen molar-refractivity contribution < 1.29 is 18.1 Å². The maximum atomic E-state index is 12.6. The van der Waals surface area contributed by atoms with Crippen LogP contribution in [0.15, 0.2) is 30.5 Å². The monoisotopic (exact) mass is 323 g/mol. The zero-order valence-electron chi connectivity index (χ0n) is 11.3. The fraction of sp³-hybridized carbons (Fsp3) is 0.154. The van der Waals surface area contributed by atoms with E-state index in [1.54, 1.807) is 6.07 Å². The highest BCUT2D eigenvalue weighted by Crippen LogP contribution is 2.26. The molecule has 0 aliphatic rings. The Labute approximate surface area is 126 Å². The minimum absolute atomic E-state index is 0.0715. The van der Waals surface area contributed by atoms with Gasteiger partial charge in [-0.25, -0.2) is 15.0 Å². The molecule has 0 radical (unpaired) electrons. The first-order valence-electron chi connectivity index (χ1n) is 6.35. The van der Waals surface area contributed by atoms with E-state index in [0.717, 1.165) is 6.20 Å². The van der Waals surface area contributed by atoms with Crippen molar-refractivity contribution in [1.29, 1.82) is 0 Å². The van der Waals surface area contributed by atoms with Crippen LogP contribution >= 0.6 is 0 Å². The second-order valence-electron chi connectivity index (χ2n) is 4.72. The van der Waals surface area contributed by atoms with Crippen LogP contribution in [0, 0.1) is 10.1 Å². The van der Waals surface area contributed by atoms with Gasteiger partial charge in [0.05, 0.1) is 11.1 Å². The van der Waals surface area contributed by atoms with Crippen LogP contribution in [0.2, 0.25) is 0 Å². The number of aromatic amines is 1. The van der Waals surface area contributed by atoms with Gasteiger partial charge >= 0.3 is 6.18 Å². The Morgan fingerprint density at radius 2 is 2.04 bits per heavy atom. The number of alkyl halides is 3. The molecule has 0 spiro atoms. The van der Waals surface area contributed by atoms with Gasteiger partial charge in [0.2, 0.25) is 5.82 Å². The summed E-state index contributed by atoms with van der Waals surface area (Å²) in [6.07, 6.45) is -3.44. The zero-order chi connectivity index (χ0) is 16.6. The first kappa shape index (κ1) is 14.9. The van der Waals surface area contributed by atoms with Crippen LogP contribution in [0.1, 0.15) is 17.2 Å². The standard InChI is InChI=1S/C13H8F3N5O2/c14-13(15,16)12-17-6-9-11(20-12)19-10(18-9)5-7-2-1-3-8(4-7)21(22)23/h1-4,6H,5H2,(H,17,18,19,20). The molecule has 0 saturated heterocycles. The highest BCUT2D eigenvalue weighted by atomic mass is 19.4. The molecule has 0 bridgehead atoms. The van der Waals surface area contributed by atoms with E-state index in [9.17, 15) is 23.3 Å². The number of hydrogen-bond donors (Lipinski definition) is 1. The van der Waals surface area contributed by atoms with Gasteiger partial charge in [-0.15, -0.1) is 0 Å². The summed E-state index contributed by atoms with van der Waals surface area (Å²) >= 11 is 0. The van der Waals surface area contributed by atoms with Gasteiger partial charge in [0.25, 0.3) is 5.69 Å². The zero-order valence-corrected chi connectivity index (χ0v) is 11.3. The number of non-ortho nitro benzene ring substituents is 1. The summed E-state index contributed by atoms with van der Waals surface area (Å²) in [5, 5.41) is 10.7. The molecule has 1 aromatic carbocycles. The molecule has 3 aromatic rings. The normalized spacial score (nSPS) is 11.8. The molecule has 0 unspecified atom stereocenters. The third-order valence-electron chi connectivity index (χ3n) is 3.03. The quantitative estimate of drug-likeness (QED) is 0.590. The van der Waals surface area contributed by atoms with E-state index in [1.165, 1.54) is 18.2 Å². The van der Waals surface area contributed by atoms with Gasteiger partial charge in [-0.3, -0.25) is 10.1 Å². The highest BCUT2D eigenvalue weighted by molar-refractivity contribution is 5.69. The predicted molar refractivity (Wildman–Crippen MR) is 72.6 cm³/mol. The van der Waals surface area contributed by atoms with E-state index in [-0.39, 0.29) is 23.3 Å². The molecule has 10 heteroatoms. The van der Waals surface area contributed by atoms with Crippen LogP contribution in [0.3, 0.4) is 0 Å². The SMILES string of the molecule is O=[N+]([O-])c1cccc(Cc2nc3nc(C(F)(F)F)ncc3[nH]2)c1. The molecule has 0 fully saturated rings. The van der Waals surface area contributed by atoms with Crippen molar-refractivity contribution in [3.05, 3.63) is 57.8 Å². The number of imidazole rings is 1. The Morgan fingerprint density at radius 1 is 1.26 bits per heavy atom. The smallest absolute Gasteiger partial charge is 0.339 e. The van der Waals surface area contributed by atoms with Crippen LogP contribution in [0.25, 0.3) is 11.2 Å². The third kappa shape index (κ3) is 3.10. The topological polar surface area (TPSA) is 97.6 Å². The van der Waals surface area contributed by atoms with Gasteiger partial charge in [-0.05, 0) is 5.56 Å². The predicted octanol–water partition coefficient (Wildman–Crippen LogP) is 2.87. The van der Waals surface area contributed by atoms with E-state index < -0.39 is 16.9 Å². The minimum Gasteiger partial charge on any atom is -0.339 e. The van der Waals surface area contributed by atoms with Gasteiger partial charge in [-0.2, -0.15) is 13.2 Å². The molecule has 3 rings (SSSR count). The Bertz CT molecular complexity index is 891. The number of benzene rings is 1. The van der Waals surface area contributed by atoms with Crippen molar-refractivity contribution in [3.63, 3.8) is 0 Å². The first-order chi connectivity index (χ1) is 10.8. The van der Waals surface area contributed by atoms with Crippen molar-refractivity contribution in [1.82, 2.24) is 19.9 Å². The fourth-order valence-corrected chi connectivity index (χ4v) is 2.05. The van der Waals surface area contributed by atoms with E-state index >= 15 is 0 Å². The van der Waals surface area contributed by atoms with Gasteiger partial charge in [0.15, 0.2) is 5.65 Å². The molecular weight excluding hydrogens is 315 g/mol. The number of nitro groups is 1. The molecule has 23 heavy (non-hydrogen) atoms. The summed E-state index contributed by atoms with van der Waals surface area (Å²) < 4.78 is 37.7. The minimum atomic E-state index is -4.65. The van der Waals surface area contributed by atoms with Crippen molar-refractivity contribution in [2.24, 2.45) is 0 Å². The summed E-state index contributed by atoms with van der Waals surface area (Å²) in [4.78, 5) is 23.6. The molecule has 0 saturated carbocycles. The van der Waals surface area contributed by atoms with Crippen LogP contribution in [-0.4, -0.2) is 24.9 Å². The average molecular weight is 323 g/mol. The van der Waals surface area contributed by atoms with Gasteiger partial charge < -0.3 is 4.98 Å². The summed E-state index contributed by atoms with van der Waals surface area (Å²) in [6, 6.07) is 5.91. The number of rotatable bonds is 3. The van der Waals surface area contributed by atoms with Crippen LogP contribution in [-0.2, 0) is 12.6 Å². The average Bonchev–Trinajstić information content (AvgIpc) is 2.87. The van der Waals surface area contributed by atoms with Gasteiger partial charge in [-0.1, -0.05) is 12.1 Å². The van der Waals surface area contributed by atoms with Crippen molar-refractivity contribution in [3.8, 4) is 0 Å². The molecule has 0 atom stereocenters. The number of nitrogens with zero attached hydrogens (tertiary/aromatic N) is 4. The Balaban J connectivity index is 1.92. The van der Waals surface area contributed by atoms with E-state index in [0.29, 0.717) is 11.4 Å². The molecule has 2 aromatic heterocycles. The first-order valence-corrected chi connectivity index (χ1v) is 6.35. The fourth-order valence-electron chi connectivity index (χ4n) is 2.05. The lowest BCUT2D eigenvalue weighted by molar-refractivity contribution is -0.384. The van der Waals surface area contributed by atoms with Crippen LogP contribution in [0.5, 0.6) is 0 Å². The molecule has 0 amide bonds. The van der Waals surface area contributed by atoms with Crippen LogP contribution in [0.4, 0.5) is 18.9 Å². The Morgan fingerprint density at radius 3 is 2.74 bits per heavy atom. The van der Waals surface area contributed by atoms with Gasteiger partial charge in [0, 0.05) is 18.6 Å². The maximum Gasteiger partial charge on any atom is 0.451 e. The number of aromatic nitrogens is 4. The van der Waals surface area contributed by atoms with Crippen LogP contribution < -0.4 is 0 Å². The van der Waals surface area contributed by atoms with E-state index in [4.69, 9.17) is 0 Å². The molecule has 0 aliphatic heterocycles. The lowest BCUT2D eigenvalue weighted by atomic mass is 10.1. The molecular formula is C13H8F3N5O2. The number of H-pyrrole nitrogens is 1. The maximum absolute atomic E-state index is 12.6. The van der Waals surface area contributed by atoms with Crippen molar-refractivity contribution >= 4 is 16.9 Å². The summed E-state index contributed by atoms with van der Waals surface area (Å²) in [5.74, 6) is -0.924. The molecule has 0 aliphatic carbocycles. The number of nitrogens with one attached hydrogen (secondary N) is 1. The van der Waals surface area contributed by atoms with Crippen molar-refractivity contribution in [2.75, 3.05) is 0 Å². The largest absolute Gasteiger partial charge is 0.451 e. The van der Waals surface area contributed by atoms with Gasteiger partial charge in [0.1, 0.15) is 11.3 Å². The van der Waals surface area contributed by atoms with Crippen molar-refractivity contribution in [2.45, 2.75) is 12.6 Å². The summed E-state index contributed by atoms with van der Waals surface area (Å²) in [7, 11) is 0. The molecule has 118 valence electrons. The lowest BCUT2D eigenvalue weighted by Gasteiger charge is -2.02. The number of fused-ring (bicyclic) bond motifs is 1. The summed E-state index contributed by atoms with van der Waals surface area (Å²) in [6.45, 7) is 0. The second-order valence-corrected chi connectivity index (χ2v) is 4.72. The third-order valence-corrected chi connectivity index (χ3v) is 3.03. The summed E-state index contributed by atoms with van der Waals surface area (Å²) in [5.41, 5.74) is 0.686. The number of halogens is 3. The Kier molecular flexibility index (Phi) is 3.43. The lowest BCUT2D eigenvalue weighted by Crippen LogP contribution is -2.10. The highest BCUT2D eigenvalue weighted by Gasteiger charge is 2.35. The molecule has 1 N–H and O–H groups in total. The number of hydrogen-bond acceptors (Lipinski definition) is 5. The molecule has 2 heterocycles. The molecule has 7 nitrogen and oxygen atoms in total. The van der Waals surface area contributed by atoms with E-state index in [1.807, 2.05) is 0 Å². The number of nitro benzene ring substituents is 1. The second kappa shape index (κ2) is 5.30.